The van der Waals surface area contributed by atoms with Gasteiger partial charge in [0.2, 0.25) is 0 Å². The maximum absolute atomic E-state index is 14.5. The number of nitrogens with zero attached hydrogens (tertiary/aromatic N) is 1. The van der Waals surface area contributed by atoms with Crippen LogP contribution in [0.1, 0.15) is 17.3 Å². The fourth-order valence-corrected chi connectivity index (χ4v) is 3.73. The summed E-state index contributed by atoms with van der Waals surface area (Å²) in [7, 11) is 0. The Morgan fingerprint density at radius 3 is 2.63 bits per heavy atom. The SMILES string of the molecule is O=C(C[NH+]1CCn2cccc2[C@@H]1c1ccccc1F)Nc1ccc(F)cc1. The molecular weight excluding hydrogens is 348 g/mol. The largest absolute Gasteiger partial charge is 0.340 e. The van der Waals surface area contributed by atoms with Gasteiger partial charge in [-0.15, -0.1) is 0 Å². The van der Waals surface area contributed by atoms with E-state index < -0.39 is 0 Å². The highest BCUT2D eigenvalue weighted by Crippen LogP contribution is 2.24. The second-order valence-corrected chi connectivity index (χ2v) is 6.72. The molecule has 2 aromatic carbocycles. The Kier molecular flexibility index (Phi) is 4.73. The fourth-order valence-electron chi connectivity index (χ4n) is 3.73. The van der Waals surface area contributed by atoms with Gasteiger partial charge in [0.15, 0.2) is 12.6 Å². The van der Waals surface area contributed by atoms with E-state index in [-0.39, 0.29) is 30.1 Å². The third-order valence-electron chi connectivity index (χ3n) is 4.97. The first-order valence-electron chi connectivity index (χ1n) is 8.91. The number of hydrogen-bond acceptors (Lipinski definition) is 1. The zero-order valence-corrected chi connectivity index (χ0v) is 14.7. The Labute approximate surface area is 156 Å². The molecule has 1 aromatic heterocycles. The molecule has 0 saturated carbocycles. The summed E-state index contributed by atoms with van der Waals surface area (Å²) in [6.45, 7) is 1.67. The Balaban J connectivity index is 1.58. The molecule has 3 aromatic rings. The third kappa shape index (κ3) is 3.61. The van der Waals surface area contributed by atoms with Crippen LogP contribution in [0.2, 0.25) is 0 Å². The average molecular weight is 368 g/mol. The molecule has 0 radical (unpaired) electrons. The number of carbonyl (C=O) groups is 1. The number of anilines is 1. The molecule has 0 spiro atoms. The lowest BCUT2D eigenvalue weighted by Gasteiger charge is -2.34. The molecule has 2 heterocycles. The van der Waals surface area contributed by atoms with E-state index in [9.17, 15) is 13.6 Å². The molecule has 0 fully saturated rings. The van der Waals surface area contributed by atoms with Crippen LogP contribution >= 0.6 is 0 Å². The van der Waals surface area contributed by atoms with Gasteiger partial charge in [0.1, 0.15) is 11.6 Å². The highest BCUT2D eigenvalue weighted by molar-refractivity contribution is 5.91. The molecule has 2 atom stereocenters. The molecule has 27 heavy (non-hydrogen) atoms. The molecule has 1 aliphatic heterocycles. The van der Waals surface area contributed by atoms with Gasteiger partial charge in [0.05, 0.1) is 24.3 Å². The third-order valence-corrected chi connectivity index (χ3v) is 4.97. The second kappa shape index (κ2) is 7.32. The van der Waals surface area contributed by atoms with Crippen LogP contribution in [0.15, 0.2) is 66.9 Å². The van der Waals surface area contributed by atoms with Gasteiger partial charge in [0.25, 0.3) is 5.91 Å². The van der Waals surface area contributed by atoms with E-state index in [2.05, 4.69) is 9.88 Å². The molecular formula is C21H20F2N3O+. The monoisotopic (exact) mass is 368 g/mol. The van der Waals surface area contributed by atoms with Crippen LogP contribution in [0.25, 0.3) is 0 Å². The molecule has 1 unspecified atom stereocenters. The Morgan fingerprint density at radius 1 is 1.07 bits per heavy atom. The number of fused-ring (bicyclic) bond motifs is 1. The lowest BCUT2D eigenvalue weighted by atomic mass is 9.99. The summed E-state index contributed by atoms with van der Waals surface area (Å²) in [4.78, 5) is 13.5. The van der Waals surface area contributed by atoms with Crippen LogP contribution in [0.3, 0.4) is 0 Å². The number of quaternary nitrogens is 1. The minimum Gasteiger partial charge on any atom is -0.340 e. The van der Waals surface area contributed by atoms with E-state index in [1.807, 2.05) is 24.4 Å². The fraction of sp³-hybridized carbons (Fsp3) is 0.190. The normalized spacial score (nSPS) is 18.7. The van der Waals surface area contributed by atoms with E-state index in [0.29, 0.717) is 17.8 Å². The molecule has 2 N–H and O–H groups in total. The summed E-state index contributed by atoms with van der Waals surface area (Å²) in [5.74, 6) is -0.804. The zero-order valence-electron chi connectivity index (χ0n) is 14.7. The smallest absolute Gasteiger partial charge is 0.279 e. The van der Waals surface area contributed by atoms with Gasteiger partial charge in [-0.2, -0.15) is 0 Å². The summed E-state index contributed by atoms with van der Waals surface area (Å²) in [6.07, 6.45) is 1.98. The quantitative estimate of drug-likeness (QED) is 0.729. The Bertz CT molecular complexity index is 952. The number of aromatic nitrogens is 1. The van der Waals surface area contributed by atoms with Crippen LogP contribution in [0.5, 0.6) is 0 Å². The molecule has 1 aliphatic rings. The number of amides is 1. The van der Waals surface area contributed by atoms with Gasteiger partial charge in [0, 0.05) is 11.9 Å². The molecule has 1 amide bonds. The Hall–Kier alpha value is -2.99. The summed E-state index contributed by atoms with van der Waals surface area (Å²) in [5.41, 5.74) is 2.13. The zero-order chi connectivity index (χ0) is 18.8. The molecule has 4 nitrogen and oxygen atoms in total. The predicted octanol–water partition coefficient (Wildman–Crippen LogP) is 2.39. The maximum atomic E-state index is 14.5. The number of hydrogen-bond donors (Lipinski definition) is 2. The van der Waals surface area contributed by atoms with Gasteiger partial charge in [-0.05, 0) is 48.5 Å². The number of nitrogens with one attached hydrogen (secondary N) is 2. The lowest BCUT2D eigenvalue weighted by Crippen LogP contribution is -3.14. The van der Waals surface area contributed by atoms with E-state index in [1.54, 1.807) is 12.1 Å². The van der Waals surface area contributed by atoms with Crippen molar-refractivity contribution in [3.8, 4) is 0 Å². The van der Waals surface area contributed by atoms with Crippen molar-refractivity contribution in [2.24, 2.45) is 0 Å². The summed E-state index contributed by atoms with van der Waals surface area (Å²) < 4.78 is 29.6. The summed E-state index contributed by atoms with van der Waals surface area (Å²) in [6, 6.07) is 16.0. The molecule has 138 valence electrons. The highest BCUT2D eigenvalue weighted by Gasteiger charge is 2.35. The predicted molar refractivity (Wildman–Crippen MR) is 98.4 cm³/mol. The van der Waals surface area contributed by atoms with Crippen molar-refractivity contribution in [2.75, 3.05) is 18.4 Å². The molecule has 0 bridgehead atoms. The van der Waals surface area contributed by atoms with Crippen molar-refractivity contribution in [2.45, 2.75) is 12.6 Å². The van der Waals surface area contributed by atoms with E-state index in [1.165, 1.54) is 30.3 Å². The van der Waals surface area contributed by atoms with Crippen molar-refractivity contribution < 1.29 is 18.5 Å². The van der Waals surface area contributed by atoms with Crippen molar-refractivity contribution >= 4 is 11.6 Å². The van der Waals surface area contributed by atoms with E-state index in [4.69, 9.17) is 0 Å². The van der Waals surface area contributed by atoms with Gasteiger partial charge in [-0.1, -0.05) is 12.1 Å². The van der Waals surface area contributed by atoms with Gasteiger partial charge in [-0.3, -0.25) is 4.79 Å². The first-order valence-corrected chi connectivity index (χ1v) is 8.91. The maximum Gasteiger partial charge on any atom is 0.279 e. The molecule has 0 aliphatic carbocycles. The molecule has 4 rings (SSSR count). The van der Waals surface area contributed by atoms with Crippen molar-refractivity contribution in [1.82, 2.24) is 4.57 Å². The van der Waals surface area contributed by atoms with Gasteiger partial charge >= 0.3 is 0 Å². The minimum atomic E-state index is -0.352. The van der Waals surface area contributed by atoms with Crippen LogP contribution in [-0.4, -0.2) is 23.6 Å². The van der Waals surface area contributed by atoms with Crippen molar-refractivity contribution in [1.29, 1.82) is 0 Å². The van der Waals surface area contributed by atoms with E-state index >= 15 is 0 Å². The first kappa shape index (κ1) is 17.4. The second-order valence-electron chi connectivity index (χ2n) is 6.72. The average Bonchev–Trinajstić information content (AvgIpc) is 3.13. The molecule has 0 saturated heterocycles. The van der Waals surface area contributed by atoms with Crippen LogP contribution in [0, 0.1) is 11.6 Å². The van der Waals surface area contributed by atoms with Crippen molar-refractivity contribution in [3.05, 3.63) is 89.8 Å². The highest BCUT2D eigenvalue weighted by atomic mass is 19.1. The van der Waals surface area contributed by atoms with Crippen LogP contribution < -0.4 is 10.2 Å². The minimum absolute atomic E-state index is 0.182. The van der Waals surface area contributed by atoms with Crippen LogP contribution in [-0.2, 0) is 11.3 Å². The summed E-state index contributed by atoms with van der Waals surface area (Å²) in [5, 5.41) is 2.79. The lowest BCUT2D eigenvalue weighted by molar-refractivity contribution is -0.922. The van der Waals surface area contributed by atoms with Crippen LogP contribution in [0.4, 0.5) is 14.5 Å². The Morgan fingerprint density at radius 2 is 1.85 bits per heavy atom. The van der Waals surface area contributed by atoms with Gasteiger partial charge < -0.3 is 14.8 Å². The van der Waals surface area contributed by atoms with E-state index in [0.717, 1.165) is 17.1 Å². The van der Waals surface area contributed by atoms with Gasteiger partial charge in [-0.25, -0.2) is 8.78 Å². The number of benzene rings is 2. The first-order chi connectivity index (χ1) is 13.1. The summed E-state index contributed by atoms with van der Waals surface area (Å²) >= 11 is 0. The van der Waals surface area contributed by atoms with Crippen molar-refractivity contribution in [3.63, 3.8) is 0 Å². The molecule has 6 heteroatoms. The topological polar surface area (TPSA) is 38.5 Å². The number of rotatable bonds is 4. The standard InChI is InChI=1S/C21H19F2N3O/c22-15-7-9-16(10-8-15)24-20(27)14-26-13-12-25-11-3-6-19(25)21(26)17-4-1-2-5-18(17)23/h1-11,21H,12-14H2,(H,24,27)/p+1/t21-/m0/s1. The number of carbonyl (C=O) groups excluding carboxylic acids is 1. The number of halogens is 2.